The van der Waals surface area contributed by atoms with Crippen LogP contribution in [0.3, 0.4) is 0 Å². The number of aromatic nitrogens is 2. The Morgan fingerprint density at radius 3 is 2.80 bits per heavy atom. The smallest absolute Gasteiger partial charge is 0.230 e. The van der Waals surface area contributed by atoms with Crippen LogP contribution in [0, 0.1) is 6.92 Å². The number of thioether (sulfide) groups is 1. The SMILES string of the molecule is Cc1[nH]c(SCC(=O)NC2CCS(=O)(=O)C2)nc1Cc1ccccc1. The molecule has 25 heavy (non-hydrogen) atoms. The van der Waals surface area contributed by atoms with Gasteiger partial charge in [-0.25, -0.2) is 13.4 Å². The van der Waals surface area contributed by atoms with E-state index in [0.717, 1.165) is 17.8 Å². The van der Waals surface area contributed by atoms with Crippen LogP contribution < -0.4 is 5.32 Å². The number of imidazole rings is 1. The van der Waals surface area contributed by atoms with Gasteiger partial charge in [-0.3, -0.25) is 4.79 Å². The predicted octanol–water partition coefficient (Wildman–Crippen LogP) is 1.70. The van der Waals surface area contributed by atoms with E-state index < -0.39 is 9.84 Å². The summed E-state index contributed by atoms with van der Waals surface area (Å²) >= 11 is 1.33. The van der Waals surface area contributed by atoms with Gasteiger partial charge in [-0.15, -0.1) is 0 Å². The summed E-state index contributed by atoms with van der Waals surface area (Å²) in [4.78, 5) is 19.8. The fraction of sp³-hybridized carbons (Fsp3) is 0.412. The molecule has 1 unspecified atom stereocenters. The lowest BCUT2D eigenvalue weighted by atomic mass is 10.1. The summed E-state index contributed by atoms with van der Waals surface area (Å²) in [5.74, 6) is 0.259. The number of hydrogen-bond acceptors (Lipinski definition) is 5. The number of aromatic amines is 1. The maximum absolute atomic E-state index is 12.0. The molecule has 2 aromatic rings. The van der Waals surface area contributed by atoms with Crippen molar-refractivity contribution in [3.8, 4) is 0 Å². The lowest BCUT2D eigenvalue weighted by Gasteiger charge is -2.09. The third-order valence-electron chi connectivity index (χ3n) is 4.12. The third-order valence-corrected chi connectivity index (χ3v) is 6.76. The first-order chi connectivity index (χ1) is 11.9. The summed E-state index contributed by atoms with van der Waals surface area (Å²) in [5.41, 5.74) is 3.15. The molecule has 1 aromatic heterocycles. The minimum Gasteiger partial charge on any atom is -0.352 e. The number of amides is 1. The monoisotopic (exact) mass is 379 g/mol. The first kappa shape index (κ1) is 18.0. The fourth-order valence-electron chi connectivity index (χ4n) is 2.81. The molecule has 1 fully saturated rings. The van der Waals surface area contributed by atoms with Crippen LogP contribution in [0.5, 0.6) is 0 Å². The Balaban J connectivity index is 1.52. The van der Waals surface area contributed by atoms with Gasteiger partial charge >= 0.3 is 0 Å². The summed E-state index contributed by atoms with van der Waals surface area (Å²) in [6, 6.07) is 9.84. The average molecular weight is 380 g/mol. The van der Waals surface area contributed by atoms with E-state index in [1.807, 2.05) is 25.1 Å². The molecule has 6 nitrogen and oxygen atoms in total. The van der Waals surface area contributed by atoms with Crippen LogP contribution >= 0.6 is 11.8 Å². The second kappa shape index (κ2) is 7.61. The van der Waals surface area contributed by atoms with Gasteiger partial charge in [0, 0.05) is 18.2 Å². The normalized spacial score (nSPS) is 19.0. The van der Waals surface area contributed by atoms with Crippen molar-refractivity contribution in [3.63, 3.8) is 0 Å². The summed E-state index contributed by atoms with van der Waals surface area (Å²) in [5, 5.41) is 3.49. The highest BCUT2D eigenvalue weighted by Crippen LogP contribution is 2.19. The zero-order valence-electron chi connectivity index (χ0n) is 14.0. The second-order valence-electron chi connectivity index (χ2n) is 6.23. The van der Waals surface area contributed by atoms with Crippen molar-refractivity contribution in [3.05, 3.63) is 47.3 Å². The number of carbonyl (C=O) groups is 1. The number of aryl methyl sites for hydroxylation is 1. The number of benzene rings is 1. The Kier molecular flexibility index (Phi) is 5.48. The van der Waals surface area contributed by atoms with Gasteiger partial charge in [-0.1, -0.05) is 42.1 Å². The minimum atomic E-state index is -2.98. The molecule has 3 rings (SSSR count). The average Bonchev–Trinajstić information content (AvgIpc) is 3.08. The number of hydrogen-bond donors (Lipinski definition) is 2. The Labute approximate surface area is 151 Å². The molecule has 1 saturated heterocycles. The minimum absolute atomic E-state index is 0.0461. The molecule has 1 atom stereocenters. The highest BCUT2D eigenvalue weighted by molar-refractivity contribution is 7.99. The highest BCUT2D eigenvalue weighted by atomic mass is 32.2. The van der Waals surface area contributed by atoms with E-state index in [2.05, 4.69) is 27.4 Å². The number of nitrogens with one attached hydrogen (secondary N) is 2. The van der Waals surface area contributed by atoms with Gasteiger partial charge < -0.3 is 10.3 Å². The fourth-order valence-corrected chi connectivity index (χ4v) is 5.23. The van der Waals surface area contributed by atoms with Crippen LogP contribution in [-0.4, -0.2) is 47.6 Å². The van der Waals surface area contributed by atoms with Crippen LogP contribution in [0.15, 0.2) is 35.5 Å². The largest absolute Gasteiger partial charge is 0.352 e. The molecule has 1 aliphatic heterocycles. The topological polar surface area (TPSA) is 91.9 Å². The van der Waals surface area contributed by atoms with Gasteiger partial charge in [0.1, 0.15) is 0 Å². The Bertz CT molecular complexity index is 847. The molecule has 0 spiro atoms. The van der Waals surface area contributed by atoms with Gasteiger partial charge in [-0.2, -0.15) is 0 Å². The van der Waals surface area contributed by atoms with E-state index in [1.54, 1.807) is 0 Å². The number of rotatable bonds is 6. The molecule has 0 radical (unpaired) electrons. The standard InChI is InChI=1S/C17H21N3O3S2/c1-12-15(9-13-5-3-2-4-6-13)20-17(18-12)24-10-16(21)19-14-7-8-25(22,23)11-14/h2-6,14H,7-11H2,1H3,(H,18,20)(H,19,21). The van der Waals surface area contributed by atoms with Crippen LogP contribution in [0.25, 0.3) is 0 Å². The predicted molar refractivity (Wildman–Crippen MR) is 98.5 cm³/mol. The Morgan fingerprint density at radius 1 is 1.36 bits per heavy atom. The van der Waals surface area contributed by atoms with Crippen molar-refractivity contribution in [2.24, 2.45) is 0 Å². The molecule has 134 valence electrons. The molecular weight excluding hydrogens is 358 g/mol. The first-order valence-corrected chi connectivity index (χ1v) is 10.9. The lowest BCUT2D eigenvalue weighted by molar-refractivity contribution is -0.119. The first-order valence-electron chi connectivity index (χ1n) is 8.13. The van der Waals surface area contributed by atoms with E-state index in [-0.39, 0.29) is 29.2 Å². The molecule has 2 heterocycles. The third kappa shape index (κ3) is 5.09. The Morgan fingerprint density at radius 2 is 2.12 bits per heavy atom. The van der Waals surface area contributed by atoms with Gasteiger partial charge in [0.15, 0.2) is 15.0 Å². The van der Waals surface area contributed by atoms with Crippen LogP contribution in [0.2, 0.25) is 0 Å². The molecule has 0 saturated carbocycles. The van der Waals surface area contributed by atoms with Crippen molar-refractivity contribution in [2.75, 3.05) is 17.3 Å². The van der Waals surface area contributed by atoms with E-state index in [4.69, 9.17) is 0 Å². The van der Waals surface area contributed by atoms with Gasteiger partial charge in [0.25, 0.3) is 0 Å². The van der Waals surface area contributed by atoms with Crippen molar-refractivity contribution in [2.45, 2.75) is 31.0 Å². The van der Waals surface area contributed by atoms with Gasteiger partial charge in [-0.05, 0) is 18.9 Å². The van der Waals surface area contributed by atoms with E-state index in [1.165, 1.54) is 17.3 Å². The molecule has 0 aliphatic carbocycles. The number of sulfone groups is 1. The summed E-state index contributed by atoms with van der Waals surface area (Å²) in [6.07, 6.45) is 1.25. The molecule has 8 heteroatoms. The molecule has 1 amide bonds. The van der Waals surface area contributed by atoms with Gasteiger partial charge in [0.2, 0.25) is 5.91 Å². The van der Waals surface area contributed by atoms with E-state index >= 15 is 0 Å². The molecular formula is C17H21N3O3S2. The quantitative estimate of drug-likeness (QED) is 0.746. The molecule has 1 aliphatic rings. The van der Waals surface area contributed by atoms with Crippen molar-refractivity contribution in [1.29, 1.82) is 0 Å². The number of H-pyrrole nitrogens is 1. The second-order valence-corrected chi connectivity index (χ2v) is 9.42. The maximum atomic E-state index is 12.0. The number of carbonyl (C=O) groups excluding carboxylic acids is 1. The van der Waals surface area contributed by atoms with Crippen molar-refractivity contribution < 1.29 is 13.2 Å². The van der Waals surface area contributed by atoms with Crippen molar-refractivity contribution in [1.82, 2.24) is 15.3 Å². The summed E-state index contributed by atoms with van der Waals surface area (Å²) in [6.45, 7) is 1.97. The van der Waals surface area contributed by atoms with Crippen LogP contribution in [-0.2, 0) is 21.1 Å². The van der Waals surface area contributed by atoms with E-state index in [9.17, 15) is 13.2 Å². The van der Waals surface area contributed by atoms with Gasteiger partial charge in [0.05, 0.1) is 23.0 Å². The lowest BCUT2D eigenvalue weighted by Crippen LogP contribution is -2.36. The van der Waals surface area contributed by atoms with E-state index in [0.29, 0.717) is 11.6 Å². The Hall–Kier alpha value is -1.80. The van der Waals surface area contributed by atoms with Crippen LogP contribution in [0.1, 0.15) is 23.4 Å². The zero-order valence-corrected chi connectivity index (χ0v) is 15.6. The number of nitrogens with zero attached hydrogens (tertiary/aromatic N) is 1. The van der Waals surface area contributed by atoms with Crippen molar-refractivity contribution >= 4 is 27.5 Å². The highest BCUT2D eigenvalue weighted by Gasteiger charge is 2.28. The zero-order chi connectivity index (χ0) is 17.9. The molecule has 0 bridgehead atoms. The maximum Gasteiger partial charge on any atom is 0.230 e. The van der Waals surface area contributed by atoms with Crippen LogP contribution in [0.4, 0.5) is 0 Å². The summed E-state index contributed by atoms with van der Waals surface area (Å²) in [7, 11) is -2.98. The molecule has 2 N–H and O–H groups in total. The molecule has 1 aromatic carbocycles. The summed E-state index contributed by atoms with van der Waals surface area (Å²) < 4.78 is 22.8.